The number of benzene rings is 1. The molecule has 1 aliphatic carbocycles. The summed E-state index contributed by atoms with van der Waals surface area (Å²) in [5.41, 5.74) is 1.47. The van der Waals surface area contributed by atoms with E-state index in [1.807, 2.05) is 45.0 Å². The number of rotatable bonds is 7. The van der Waals surface area contributed by atoms with Gasteiger partial charge in [-0.25, -0.2) is 0 Å². The van der Waals surface area contributed by atoms with E-state index >= 15 is 0 Å². The molecule has 3 amide bonds. The van der Waals surface area contributed by atoms with Crippen LogP contribution in [0.2, 0.25) is 0 Å². The lowest BCUT2D eigenvalue weighted by atomic mass is 10.0. The number of amides is 3. The highest BCUT2D eigenvalue weighted by atomic mass is 16.2. The second-order valence-electron chi connectivity index (χ2n) is 10.8. The van der Waals surface area contributed by atoms with Gasteiger partial charge in [0.05, 0.1) is 12.6 Å². The van der Waals surface area contributed by atoms with Gasteiger partial charge in [0, 0.05) is 37.8 Å². The van der Waals surface area contributed by atoms with Crippen LogP contribution in [0.25, 0.3) is 0 Å². The molecule has 190 valence electrons. The monoisotopic (exact) mass is 482 g/mol. The van der Waals surface area contributed by atoms with Crippen LogP contribution in [0.3, 0.4) is 0 Å². The second-order valence-corrected chi connectivity index (χ2v) is 10.8. The molecule has 1 N–H and O–H groups in total. The van der Waals surface area contributed by atoms with Crippen LogP contribution in [-0.2, 0) is 14.4 Å². The Bertz CT molecular complexity index is 968. The first kappa shape index (κ1) is 25.2. The number of nitrogens with one attached hydrogen (secondary N) is 1. The minimum atomic E-state index is -0.720. The van der Waals surface area contributed by atoms with Gasteiger partial charge in [0.2, 0.25) is 11.8 Å². The SMILES string of the molecule is CC(C)C[C@H](NC(=O)c1ccc(N(C)C)cc1)C(=O)N1CCC2[C@H]1C(=O)CN2C(=O)C1CCCC1. The highest BCUT2D eigenvalue weighted by Crippen LogP contribution is 2.34. The number of nitrogens with zero attached hydrogens (tertiary/aromatic N) is 3. The van der Waals surface area contributed by atoms with E-state index in [0.29, 0.717) is 24.9 Å². The molecule has 2 aliphatic heterocycles. The van der Waals surface area contributed by atoms with Crippen molar-refractivity contribution in [1.82, 2.24) is 15.1 Å². The van der Waals surface area contributed by atoms with Gasteiger partial charge in [0.1, 0.15) is 12.1 Å². The lowest BCUT2D eigenvalue weighted by molar-refractivity contribution is -0.138. The topological polar surface area (TPSA) is 90.0 Å². The van der Waals surface area contributed by atoms with E-state index in [2.05, 4.69) is 5.32 Å². The lowest BCUT2D eigenvalue weighted by Gasteiger charge is -2.29. The Labute approximate surface area is 208 Å². The standard InChI is InChI=1S/C27H38N4O4/c1-17(2)15-21(28-25(33)18-9-11-20(12-10-18)29(3)4)27(35)30-14-13-22-24(30)23(32)16-31(22)26(34)19-7-5-6-8-19/h9-12,17,19,21-22,24H,5-8,13-16H2,1-4H3,(H,28,33)/t21-,22?,24-/m0/s1. The minimum Gasteiger partial charge on any atom is -0.378 e. The Morgan fingerprint density at radius 2 is 1.69 bits per heavy atom. The van der Waals surface area contributed by atoms with Gasteiger partial charge in [0.15, 0.2) is 5.78 Å². The number of carbonyl (C=O) groups is 4. The van der Waals surface area contributed by atoms with Gasteiger partial charge in [-0.2, -0.15) is 0 Å². The molecule has 2 saturated heterocycles. The first-order chi connectivity index (χ1) is 16.7. The highest BCUT2D eigenvalue weighted by Gasteiger charge is 2.53. The molecule has 0 bridgehead atoms. The van der Waals surface area contributed by atoms with E-state index in [1.165, 1.54) is 0 Å². The molecule has 3 atom stereocenters. The van der Waals surface area contributed by atoms with Gasteiger partial charge in [-0.1, -0.05) is 26.7 Å². The Balaban J connectivity index is 1.47. The molecule has 8 heteroatoms. The first-order valence-electron chi connectivity index (χ1n) is 12.9. The van der Waals surface area contributed by atoms with Crippen molar-refractivity contribution in [3.63, 3.8) is 0 Å². The lowest BCUT2D eigenvalue weighted by Crippen LogP contribution is -2.53. The normalized spacial score (nSPS) is 23.1. The van der Waals surface area contributed by atoms with Crippen LogP contribution in [0.15, 0.2) is 24.3 Å². The molecule has 0 radical (unpaired) electrons. The van der Waals surface area contributed by atoms with Crippen molar-refractivity contribution in [3.8, 4) is 0 Å². The highest BCUT2D eigenvalue weighted by molar-refractivity contribution is 6.01. The van der Waals surface area contributed by atoms with Crippen molar-refractivity contribution in [3.05, 3.63) is 29.8 Å². The summed E-state index contributed by atoms with van der Waals surface area (Å²) in [6.45, 7) is 4.53. The van der Waals surface area contributed by atoms with Crippen LogP contribution in [0.1, 0.15) is 62.7 Å². The first-order valence-corrected chi connectivity index (χ1v) is 12.9. The Morgan fingerprint density at radius 3 is 2.29 bits per heavy atom. The molecule has 3 aliphatic rings. The third-order valence-electron chi connectivity index (χ3n) is 7.65. The average molecular weight is 483 g/mol. The van der Waals surface area contributed by atoms with Crippen LogP contribution in [0, 0.1) is 11.8 Å². The summed E-state index contributed by atoms with van der Waals surface area (Å²) in [5.74, 6) is -0.336. The smallest absolute Gasteiger partial charge is 0.251 e. The number of hydrogen-bond donors (Lipinski definition) is 1. The Kier molecular flexibility index (Phi) is 7.47. The number of anilines is 1. The van der Waals surface area contributed by atoms with Crippen LogP contribution in [0.4, 0.5) is 5.69 Å². The zero-order valence-electron chi connectivity index (χ0n) is 21.3. The van der Waals surface area contributed by atoms with E-state index in [9.17, 15) is 19.2 Å². The molecule has 2 heterocycles. The van der Waals surface area contributed by atoms with Crippen molar-refractivity contribution in [1.29, 1.82) is 0 Å². The van der Waals surface area contributed by atoms with Crippen molar-refractivity contribution in [2.75, 3.05) is 32.1 Å². The fraction of sp³-hybridized carbons (Fsp3) is 0.630. The number of likely N-dealkylation sites (tertiary alicyclic amines) is 2. The van der Waals surface area contributed by atoms with Crippen LogP contribution < -0.4 is 10.2 Å². The third-order valence-corrected chi connectivity index (χ3v) is 7.65. The van der Waals surface area contributed by atoms with E-state index in [-0.39, 0.29) is 47.9 Å². The molecular formula is C27H38N4O4. The van der Waals surface area contributed by atoms with Crippen LogP contribution in [-0.4, -0.2) is 78.6 Å². The fourth-order valence-corrected chi connectivity index (χ4v) is 5.81. The molecule has 4 rings (SSSR count). The number of carbonyl (C=O) groups excluding carboxylic acids is 4. The number of ketones is 1. The molecule has 1 saturated carbocycles. The summed E-state index contributed by atoms with van der Waals surface area (Å²) >= 11 is 0. The van der Waals surface area contributed by atoms with Gasteiger partial charge < -0.3 is 20.0 Å². The zero-order chi connectivity index (χ0) is 25.3. The maximum Gasteiger partial charge on any atom is 0.251 e. The average Bonchev–Trinajstić information content (AvgIpc) is 3.56. The largest absolute Gasteiger partial charge is 0.378 e. The predicted octanol–water partition coefficient (Wildman–Crippen LogP) is 2.47. The van der Waals surface area contributed by atoms with Crippen LogP contribution >= 0.6 is 0 Å². The van der Waals surface area contributed by atoms with E-state index in [1.54, 1.807) is 21.9 Å². The van der Waals surface area contributed by atoms with Crippen molar-refractivity contribution < 1.29 is 19.2 Å². The number of Topliss-reactive ketones (excluding diaryl/α,β-unsaturated/α-hetero) is 1. The number of hydrogen-bond acceptors (Lipinski definition) is 5. The number of fused-ring (bicyclic) bond motifs is 1. The maximum atomic E-state index is 13.7. The molecule has 1 aromatic carbocycles. The summed E-state index contributed by atoms with van der Waals surface area (Å²) in [6, 6.07) is 5.68. The van der Waals surface area contributed by atoms with Gasteiger partial charge in [-0.05, 0) is 55.9 Å². The zero-order valence-corrected chi connectivity index (χ0v) is 21.3. The predicted molar refractivity (Wildman–Crippen MR) is 134 cm³/mol. The van der Waals surface area contributed by atoms with Crippen LogP contribution in [0.5, 0.6) is 0 Å². The van der Waals surface area contributed by atoms with Crippen molar-refractivity contribution in [2.24, 2.45) is 11.8 Å². The fourth-order valence-electron chi connectivity index (χ4n) is 5.81. The summed E-state index contributed by atoms with van der Waals surface area (Å²) in [4.78, 5) is 58.0. The third kappa shape index (κ3) is 5.21. The Hall–Kier alpha value is -2.90. The Morgan fingerprint density at radius 1 is 1.03 bits per heavy atom. The summed E-state index contributed by atoms with van der Waals surface area (Å²) in [5, 5.41) is 2.93. The molecule has 3 fully saturated rings. The summed E-state index contributed by atoms with van der Waals surface area (Å²) < 4.78 is 0. The van der Waals surface area contributed by atoms with E-state index in [4.69, 9.17) is 0 Å². The second kappa shape index (κ2) is 10.4. The minimum absolute atomic E-state index is 0.0122. The van der Waals surface area contributed by atoms with Gasteiger partial charge >= 0.3 is 0 Å². The molecule has 0 aromatic heterocycles. The van der Waals surface area contributed by atoms with Crippen molar-refractivity contribution in [2.45, 2.75) is 70.5 Å². The molecular weight excluding hydrogens is 444 g/mol. The molecule has 0 spiro atoms. The summed E-state index contributed by atoms with van der Waals surface area (Å²) in [6.07, 6.45) is 4.99. The maximum absolute atomic E-state index is 13.7. The quantitative estimate of drug-likeness (QED) is 0.645. The van der Waals surface area contributed by atoms with E-state index in [0.717, 1.165) is 31.4 Å². The van der Waals surface area contributed by atoms with Crippen molar-refractivity contribution >= 4 is 29.2 Å². The molecule has 35 heavy (non-hydrogen) atoms. The molecule has 1 unspecified atom stereocenters. The van der Waals surface area contributed by atoms with E-state index < -0.39 is 12.1 Å². The molecule has 1 aromatic rings. The van der Waals surface area contributed by atoms with Gasteiger partial charge in [-0.15, -0.1) is 0 Å². The van der Waals surface area contributed by atoms with Gasteiger partial charge in [0.25, 0.3) is 5.91 Å². The van der Waals surface area contributed by atoms with Gasteiger partial charge in [-0.3, -0.25) is 19.2 Å². The summed E-state index contributed by atoms with van der Waals surface area (Å²) in [7, 11) is 3.87. The molecule has 8 nitrogen and oxygen atoms in total.